The highest BCUT2D eigenvalue weighted by molar-refractivity contribution is 14.1. The highest BCUT2D eigenvalue weighted by Crippen LogP contribution is 2.29. The van der Waals surface area contributed by atoms with E-state index in [-0.39, 0.29) is 6.04 Å². The molecular weight excluding hydrogens is 441 g/mol. The second-order valence-corrected chi connectivity index (χ2v) is 7.13. The average Bonchev–Trinajstić information content (AvgIpc) is 2.92. The van der Waals surface area contributed by atoms with Crippen molar-refractivity contribution in [3.63, 3.8) is 0 Å². The van der Waals surface area contributed by atoms with E-state index in [0.29, 0.717) is 0 Å². The normalized spacial score (nSPS) is 12.6. The second kappa shape index (κ2) is 8.29. The maximum Gasteiger partial charge on any atom is 0.130 e. The van der Waals surface area contributed by atoms with Gasteiger partial charge in [0.05, 0.1) is 6.04 Å². The molecule has 3 nitrogen and oxygen atoms in total. The number of rotatable bonds is 7. The third kappa shape index (κ3) is 4.29. The first-order valence-electron chi connectivity index (χ1n) is 7.36. The Balaban J connectivity index is 2.42. The van der Waals surface area contributed by atoms with Crippen LogP contribution in [-0.2, 0) is 6.54 Å². The number of halogens is 2. The topological polar surface area (TPSA) is 29.9 Å². The van der Waals surface area contributed by atoms with Crippen molar-refractivity contribution in [3.05, 3.63) is 50.0 Å². The van der Waals surface area contributed by atoms with Crippen LogP contribution in [0.1, 0.15) is 44.1 Å². The lowest BCUT2D eigenvalue weighted by Gasteiger charge is -2.21. The number of aromatic nitrogens is 2. The molecule has 0 saturated carbocycles. The van der Waals surface area contributed by atoms with Crippen molar-refractivity contribution in [1.29, 1.82) is 0 Å². The predicted octanol–water partition coefficient (Wildman–Crippen LogP) is 4.75. The van der Waals surface area contributed by atoms with Crippen LogP contribution in [0.15, 0.2) is 35.1 Å². The van der Waals surface area contributed by atoms with Gasteiger partial charge in [-0.15, -0.1) is 0 Å². The maximum absolute atomic E-state index is 4.61. The van der Waals surface area contributed by atoms with Gasteiger partial charge in [0.15, 0.2) is 0 Å². The molecule has 1 heterocycles. The highest BCUT2D eigenvalue weighted by Gasteiger charge is 2.21. The quantitative estimate of drug-likeness (QED) is 0.603. The Morgan fingerprint density at radius 1 is 1.33 bits per heavy atom. The summed E-state index contributed by atoms with van der Waals surface area (Å²) in [6, 6.07) is 6.58. The smallest absolute Gasteiger partial charge is 0.130 e. The lowest BCUT2D eigenvalue weighted by molar-refractivity contribution is 0.529. The van der Waals surface area contributed by atoms with Crippen LogP contribution < -0.4 is 5.32 Å². The van der Waals surface area contributed by atoms with Crippen molar-refractivity contribution >= 4 is 38.5 Å². The number of aryl methyl sites for hydroxylation is 1. The van der Waals surface area contributed by atoms with Crippen LogP contribution in [0.25, 0.3) is 0 Å². The fourth-order valence-electron chi connectivity index (χ4n) is 2.38. The minimum Gasteiger partial charge on any atom is -0.333 e. The summed E-state index contributed by atoms with van der Waals surface area (Å²) in [5.74, 6) is 1.09. The number of nitrogens with zero attached hydrogens (tertiary/aromatic N) is 2. The van der Waals surface area contributed by atoms with Crippen LogP contribution in [-0.4, -0.2) is 16.1 Å². The van der Waals surface area contributed by atoms with Crippen LogP contribution in [0, 0.1) is 3.57 Å². The third-order valence-electron chi connectivity index (χ3n) is 3.34. The molecule has 1 unspecified atom stereocenters. The van der Waals surface area contributed by atoms with Crippen molar-refractivity contribution < 1.29 is 0 Å². The standard InChI is InChI=1S/C16H21BrIN3/c1-3-7-19-15(13-11-12(18)5-6-14(13)17)16-20-8-10-21(16)9-4-2/h5-6,8,10-11,15,19H,3-4,7,9H2,1-2H3. The van der Waals surface area contributed by atoms with Crippen molar-refractivity contribution in [2.75, 3.05) is 6.54 Å². The summed E-state index contributed by atoms with van der Waals surface area (Å²) in [7, 11) is 0. The number of imidazole rings is 1. The Morgan fingerprint density at radius 3 is 2.86 bits per heavy atom. The van der Waals surface area contributed by atoms with E-state index in [2.05, 4.69) is 91.6 Å². The van der Waals surface area contributed by atoms with Gasteiger partial charge in [0.25, 0.3) is 0 Å². The summed E-state index contributed by atoms with van der Waals surface area (Å²) in [5.41, 5.74) is 1.25. The van der Waals surface area contributed by atoms with Crippen LogP contribution in [0.4, 0.5) is 0 Å². The first-order valence-corrected chi connectivity index (χ1v) is 9.23. The fourth-order valence-corrected chi connectivity index (χ4v) is 3.37. The monoisotopic (exact) mass is 461 g/mol. The summed E-state index contributed by atoms with van der Waals surface area (Å²) in [5, 5.41) is 3.64. The van der Waals surface area contributed by atoms with Crippen LogP contribution in [0.5, 0.6) is 0 Å². The minimum absolute atomic E-state index is 0.121. The van der Waals surface area contributed by atoms with Gasteiger partial charge in [-0.05, 0) is 65.7 Å². The first-order chi connectivity index (χ1) is 10.2. The maximum atomic E-state index is 4.61. The number of nitrogens with one attached hydrogen (secondary N) is 1. The first kappa shape index (κ1) is 17.0. The Labute approximate surface area is 148 Å². The van der Waals surface area contributed by atoms with Crippen molar-refractivity contribution in [1.82, 2.24) is 14.9 Å². The summed E-state index contributed by atoms with van der Waals surface area (Å²) in [6.07, 6.45) is 6.18. The minimum atomic E-state index is 0.121. The van der Waals surface area contributed by atoms with Crippen molar-refractivity contribution in [2.45, 2.75) is 39.3 Å². The predicted molar refractivity (Wildman–Crippen MR) is 99.5 cm³/mol. The molecule has 1 atom stereocenters. The number of hydrogen-bond donors (Lipinski definition) is 1. The van der Waals surface area contributed by atoms with Gasteiger partial charge in [-0.3, -0.25) is 0 Å². The van der Waals surface area contributed by atoms with E-state index in [4.69, 9.17) is 0 Å². The summed E-state index contributed by atoms with van der Waals surface area (Å²) in [4.78, 5) is 4.61. The fraction of sp³-hybridized carbons (Fsp3) is 0.438. The van der Waals surface area contributed by atoms with Crippen LogP contribution in [0.2, 0.25) is 0 Å². The zero-order chi connectivity index (χ0) is 15.2. The van der Waals surface area contributed by atoms with Crippen LogP contribution in [0.3, 0.4) is 0 Å². The van der Waals surface area contributed by atoms with Gasteiger partial charge in [-0.25, -0.2) is 4.98 Å². The molecule has 0 aliphatic rings. The molecule has 0 aliphatic heterocycles. The lowest BCUT2D eigenvalue weighted by atomic mass is 10.1. The zero-order valence-corrected chi connectivity index (χ0v) is 16.2. The van der Waals surface area contributed by atoms with E-state index in [9.17, 15) is 0 Å². The molecule has 114 valence electrons. The van der Waals surface area contributed by atoms with Crippen molar-refractivity contribution in [3.8, 4) is 0 Å². The Hall–Kier alpha value is -0.400. The van der Waals surface area contributed by atoms with Gasteiger partial charge in [0, 0.05) is 27.0 Å². The molecule has 0 bridgehead atoms. The third-order valence-corrected chi connectivity index (χ3v) is 4.73. The molecule has 21 heavy (non-hydrogen) atoms. The van der Waals surface area contributed by atoms with Gasteiger partial charge in [-0.1, -0.05) is 29.8 Å². The van der Waals surface area contributed by atoms with E-state index in [1.807, 2.05) is 6.20 Å². The zero-order valence-electron chi connectivity index (χ0n) is 12.4. The van der Waals surface area contributed by atoms with E-state index in [0.717, 1.165) is 36.2 Å². The molecule has 2 aromatic rings. The Kier molecular flexibility index (Phi) is 6.70. The SMILES string of the molecule is CCCNC(c1cc(I)ccc1Br)c1nccn1CCC. The lowest BCUT2D eigenvalue weighted by Crippen LogP contribution is -2.26. The molecule has 0 fully saturated rings. The summed E-state index contributed by atoms with van der Waals surface area (Å²) in [6.45, 7) is 6.36. The second-order valence-electron chi connectivity index (χ2n) is 5.03. The number of benzene rings is 1. The molecule has 0 radical (unpaired) electrons. The molecule has 0 saturated heterocycles. The van der Waals surface area contributed by atoms with Gasteiger partial charge in [-0.2, -0.15) is 0 Å². The Morgan fingerprint density at radius 2 is 2.14 bits per heavy atom. The van der Waals surface area contributed by atoms with Crippen molar-refractivity contribution in [2.24, 2.45) is 0 Å². The molecule has 1 aromatic carbocycles. The number of hydrogen-bond acceptors (Lipinski definition) is 2. The van der Waals surface area contributed by atoms with Crippen LogP contribution >= 0.6 is 38.5 Å². The Bertz CT molecular complexity index is 583. The molecule has 0 aliphatic carbocycles. The highest BCUT2D eigenvalue weighted by atomic mass is 127. The average molecular weight is 462 g/mol. The summed E-state index contributed by atoms with van der Waals surface area (Å²) < 4.78 is 4.62. The van der Waals surface area contributed by atoms with Gasteiger partial charge in [0.2, 0.25) is 0 Å². The molecule has 0 spiro atoms. The molecule has 1 aromatic heterocycles. The van der Waals surface area contributed by atoms with E-state index < -0.39 is 0 Å². The van der Waals surface area contributed by atoms with E-state index in [1.165, 1.54) is 9.13 Å². The van der Waals surface area contributed by atoms with E-state index >= 15 is 0 Å². The largest absolute Gasteiger partial charge is 0.333 e. The molecule has 1 N–H and O–H groups in total. The molecule has 0 amide bonds. The molecule has 5 heteroatoms. The van der Waals surface area contributed by atoms with Gasteiger partial charge >= 0.3 is 0 Å². The van der Waals surface area contributed by atoms with Gasteiger partial charge < -0.3 is 9.88 Å². The summed E-state index contributed by atoms with van der Waals surface area (Å²) >= 11 is 6.05. The molecular formula is C16H21BrIN3. The van der Waals surface area contributed by atoms with Gasteiger partial charge in [0.1, 0.15) is 5.82 Å². The molecule has 2 rings (SSSR count). The van der Waals surface area contributed by atoms with E-state index in [1.54, 1.807) is 0 Å².